The van der Waals surface area contributed by atoms with E-state index in [-0.39, 0.29) is 37.4 Å². The molecule has 1 saturated heterocycles. The number of benzene rings is 1. The van der Waals surface area contributed by atoms with Gasteiger partial charge in [0.2, 0.25) is 29.5 Å². The number of hydrazine groups is 1. The summed E-state index contributed by atoms with van der Waals surface area (Å²) < 4.78 is 5.29. The highest BCUT2D eigenvalue weighted by Crippen LogP contribution is 2.22. The van der Waals surface area contributed by atoms with Crippen molar-refractivity contribution in [2.45, 2.75) is 110 Å². The SMILES string of the molecule is CCCN(NC(=O)[C@@H]1CCCN1C(=O)[C@@H](NC(=O)[C@@H](NC(=O)[C@H](CC(=O)O)NC(=O)[C@H](CCC(=O)O)NC(C)=O)C(C)C)C(C)C)C(=O)Oc1ccc([N+](=O)[O-])cc1. The number of hydrogen-bond donors (Lipinski definition) is 7. The molecule has 22 nitrogen and oxygen atoms in total. The normalized spacial score (nSPS) is 15.6. The van der Waals surface area contributed by atoms with Gasteiger partial charge in [0.25, 0.3) is 11.6 Å². The molecule has 0 aliphatic carbocycles. The second-order valence-corrected chi connectivity index (χ2v) is 14.2. The molecule has 1 aliphatic heterocycles. The van der Waals surface area contributed by atoms with Gasteiger partial charge in [-0.2, -0.15) is 0 Å². The molecule has 2 rings (SSSR count). The van der Waals surface area contributed by atoms with Crippen LogP contribution in [0.1, 0.15) is 80.1 Å². The molecule has 1 aromatic carbocycles. The molecular weight excluding hydrogens is 768 g/mol. The molecule has 5 atom stereocenters. The number of carbonyl (C=O) groups excluding carboxylic acids is 7. The van der Waals surface area contributed by atoms with Gasteiger partial charge in [0.1, 0.15) is 36.0 Å². The second-order valence-electron chi connectivity index (χ2n) is 14.2. The zero-order valence-corrected chi connectivity index (χ0v) is 33.1. The van der Waals surface area contributed by atoms with Gasteiger partial charge >= 0.3 is 18.0 Å². The van der Waals surface area contributed by atoms with Gasteiger partial charge < -0.3 is 41.1 Å². The maximum Gasteiger partial charge on any atom is 0.434 e. The third kappa shape index (κ3) is 14.6. The highest BCUT2D eigenvalue weighted by Gasteiger charge is 2.41. The summed E-state index contributed by atoms with van der Waals surface area (Å²) in [4.78, 5) is 127. The summed E-state index contributed by atoms with van der Waals surface area (Å²) in [5.74, 6) is -8.95. The molecule has 1 heterocycles. The van der Waals surface area contributed by atoms with E-state index in [4.69, 9.17) is 9.84 Å². The van der Waals surface area contributed by atoms with Crippen LogP contribution in [-0.2, 0) is 38.4 Å². The number of nitro groups is 1. The molecule has 0 spiro atoms. The van der Waals surface area contributed by atoms with E-state index >= 15 is 0 Å². The topological polar surface area (TPSA) is 313 Å². The number of carbonyl (C=O) groups is 9. The lowest BCUT2D eigenvalue weighted by molar-refractivity contribution is -0.384. The van der Waals surface area contributed by atoms with Gasteiger partial charge in [-0.1, -0.05) is 34.6 Å². The van der Waals surface area contributed by atoms with E-state index in [0.717, 1.165) is 24.1 Å². The number of non-ortho nitro benzene ring substituents is 1. The number of nitrogens with one attached hydrogen (secondary N) is 5. The molecule has 58 heavy (non-hydrogen) atoms. The summed E-state index contributed by atoms with van der Waals surface area (Å²) in [7, 11) is 0. The lowest BCUT2D eigenvalue weighted by Gasteiger charge is -2.33. The number of ether oxygens (including phenoxy) is 1. The fourth-order valence-corrected chi connectivity index (χ4v) is 5.88. The Morgan fingerprint density at radius 1 is 0.862 bits per heavy atom. The van der Waals surface area contributed by atoms with E-state index in [2.05, 4.69) is 26.7 Å². The number of carboxylic acid groups (broad SMARTS) is 2. The zero-order chi connectivity index (χ0) is 43.9. The van der Waals surface area contributed by atoms with Crippen LogP contribution in [0.4, 0.5) is 10.5 Å². The third-order valence-corrected chi connectivity index (χ3v) is 8.83. The van der Waals surface area contributed by atoms with Crippen LogP contribution in [0.3, 0.4) is 0 Å². The zero-order valence-electron chi connectivity index (χ0n) is 33.1. The number of nitrogens with zero attached hydrogens (tertiary/aromatic N) is 3. The van der Waals surface area contributed by atoms with Crippen LogP contribution in [0.15, 0.2) is 24.3 Å². The fourth-order valence-electron chi connectivity index (χ4n) is 5.88. The Labute approximate surface area is 333 Å². The average molecular weight is 821 g/mol. The molecule has 1 fully saturated rings. The highest BCUT2D eigenvalue weighted by atomic mass is 16.6. The number of rotatable bonds is 20. The molecular formula is C36H52N8O14. The monoisotopic (exact) mass is 820 g/mol. The van der Waals surface area contributed by atoms with Crippen molar-refractivity contribution in [2.24, 2.45) is 11.8 Å². The summed E-state index contributed by atoms with van der Waals surface area (Å²) in [5.41, 5.74) is 2.27. The fraction of sp³-hybridized carbons (Fsp3) is 0.583. The maximum absolute atomic E-state index is 14.0. The van der Waals surface area contributed by atoms with E-state index in [1.54, 1.807) is 34.6 Å². The Morgan fingerprint density at radius 3 is 1.97 bits per heavy atom. The summed E-state index contributed by atoms with van der Waals surface area (Å²) in [6.45, 7) is 9.38. The van der Waals surface area contributed by atoms with Gasteiger partial charge in [0.15, 0.2) is 0 Å². The summed E-state index contributed by atoms with van der Waals surface area (Å²) in [5, 5.41) is 39.9. The quantitative estimate of drug-likeness (QED) is 0.0694. The minimum absolute atomic E-state index is 0.0132. The van der Waals surface area contributed by atoms with E-state index in [0.29, 0.717) is 12.8 Å². The summed E-state index contributed by atoms with van der Waals surface area (Å²) >= 11 is 0. The minimum Gasteiger partial charge on any atom is -0.481 e. The largest absolute Gasteiger partial charge is 0.481 e. The highest BCUT2D eigenvalue weighted by molar-refractivity contribution is 5.98. The van der Waals surface area contributed by atoms with Crippen LogP contribution < -0.4 is 31.4 Å². The molecule has 7 amide bonds. The third-order valence-electron chi connectivity index (χ3n) is 8.83. The predicted molar refractivity (Wildman–Crippen MR) is 201 cm³/mol. The Balaban J connectivity index is 2.22. The van der Waals surface area contributed by atoms with Crippen LogP contribution in [0.5, 0.6) is 5.75 Å². The van der Waals surface area contributed by atoms with E-state index in [1.807, 2.05) is 0 Å². The van der Waals surface area contributed by atoms with Crippen molar-refractivity contribution in [3.05, 3.63) is 34.4 Å². The molecule has 0 bridgehead atoms. The van der Waals surface area contributed by atoms with Crippen LogP contribution in [0.2, 0.25) is 0 Å². The maximum atomic E-state index is 14.0. The first-order valence-corrected chi connectivity index (χ1v) is 18.6. The van der Waals surface area contributed by atoms with Gasteiger partial charge in [0.05, 0.1) is 11.3 Å². The van der Waals surface area contributed by atoms with Crippen LogP contribution >= 0.6 is 0 Å². The molecule has 7 N–H and O–H groups in total. The summed E-state index contributed by atoms with van der Waals surface area (Å²) in [6.07, 6.45) is -1.79. The van der Waals surface area contributed by atoms with Crippen molar-refractivity contribution in [3.63, 3.8) is 0 Å². The average Bonchev–Trinajstić information content (AvgIpc) is 3.63. The Bertz CT molecular complexity index is 1700. The standard InChI is InChI=1S/C36H52N8O14/c1-7-16-43(36(55)58-23-12-10-22(11-13-23)44(56)57)41-33(52)26-9-8-17-42(26)35(54)30(20(4)5)40-34(53)29(19(2)3)39-32(51)25(18-28(48)49)38-31(50)24(37-21(6)45)14-15-27(46)47/h10-13,19-20,24-26,29-30H,7-9,14-18H2,1-6H3,(H,37,45)(H,38,50)(H,39,51)(H,40,53)(H,41,52)(H,46,47)(H,48,49)/t24-,25-,26-,29-,30-/m0/s1. The number of likely N-dealkylation sites (tertiary alicyclic amines) is 1. The van der Waals surface area contributed by atoms with Crippen LogP contribution in [0, 0.1) is 22.0 Å². The van der Waals surface area contributed by atoms with Crippen LogP contribution in [-0.4, -0.2) is 122 Å². The van der Waals surface area contributed by atoms with Gasteiger partial charge in [-0.25, -0.2) is 9.80 Å². The Kier molecular flexibility index (Phi) is 18.5. The molecule has 22 heteroatoms. The lowest BCUT2D eigenvalue weighted by atomic mass is 9.98. The summed E-state index contributed by atoms with van der Waals surface area (Å²) in [6, 6.07) is -2.09. The molecule has 0 aromatic heterocycles. The number of nitro benzene ring substituents is 1. The Morgan fingerprint density at radius 2 is 1.45 bits per heavy atom. The van der Waals surface area contributed by atoms with Crippen molar-refractivity contribution in [3.8, 4) is 5.75 Å². The van der Waals surface area contributed by atoms with Gasteiger partial charge in [-0.15, -0.1) is 0 Å². The van der Waals surface area contributed by atoms with E-state index in [9.17, 15) is 58.4 Å². The minimum atomic E-state index is -1.76. The van der Waals surface area contributed by atoms with Crippen molar-refractivity contribution in [1.82, 2.24) is 36.6 Å². The number of carboxylic acids is 2. The lowest BCUT2D eigenvalue weighted by Crippen LogP contribution is -2.61. The van der Waals surface area contributed by atoms with Crippen molar-refractivity contribution in [2.75, 3.05) is 13.1 Å². The van der Waals surface area contributed by atoms with Crippen LogP contribution in [0.25, 0.3) is 0 Å². The first-order chi connectivity index (χ1) is 27.2. The van der Waals surface area contributed by atoms with E-state index < -0.39 is 113 Å². The van der Waals surface area contributed by atoms with E-state index in [1.165, 1.54) is 17.0 Å². The number of amides is 7. The number of aliphatic carboxylic acids is 2. The predicted octanol–water partition coefficient (Wildman–Crippen LogP) is 0.438. The van der Waals surface area contributed by atoms with Gasteiger partial charge in [-0.3, -0.25) is 53.9 Å². The smallest absolute Gasteiger partial charge is 0.434 e. The first-order valence-electron chi connectivity index (χ1n) is 18.6. The molecule has 0 unspecified atom stereocenters. The second kappa shape index (κ2) is 22.4. The molecule has 1 aromatic rings. The first kappa shape index (κ1) is 47.8. The van der Waals surface area contributed by atoms with Gasteiger partial charge in [0, 0.05) is 38.6 Å². The van der Waals surface area contributed by atoms with Crippen molar-refractivity contribution in [1.29, 1.82) is 0 Å². The molecule has 320 valence electrons. The molecule has 0 radical (unpaired) electrons. The number of hydrogen-bond acceptors (Lipinski definition) is 12. The Hall–Kier alpha value is -6.35. The van der Waals surface area contributed by atoms with Crippen molar-refractivity contribution < 1.29 is 63.0 Å². The van der Waals surface area contributed by atoms with Crippen molar-refractivity contribution >= 4 is 59.2 Å². The van der Waals surface area contributed by atoms with Gasteiger partial charge in [-0.05, 0) is 49.7 Å². The molecule has 0 saturated carbocycles. The molecule has 1 aliphatic rings.